The van der Waals surface area contributed by atoms with E-state index in [4.69, 9.17) is 14.2 Å². The predicted molar refractivity (Wildman–Crippen MR) is 127 cm³/mol. The van der Waals surface area contributed by atoms with Gasteiger partial charge in [0.1, 0.15) is 5.75 Å². The Balaban J connectivity index is 1.08. The second-order valence-electron chi connectivity index (χ2n) is 8.16. The van der Waals surface area contributed by atoms with E-state index in [2.05, 4.69) is 20.4 Å². The summed E-state index contributed by atoms with van der Waals surface area (Å²) in [4.78, 5) is 16.7. The van der Waals surface area contributed by atoms with E-state index in [-0.39, 0.29) is 12.7 Å². The van der Waals surface area contributed by atoms with Crippen LogP contribution in [0.5, 0.6) is 17.2 Å². The van der Waals surface area contributed by atoms with E-state index in [0.29, 0.717) is 26.2 Å². The minimum absolute atomic E-state index is 0.0985. The molecule has 3 heterocycles. The molecule has 9 heteroatoms. The summed E-state index contributed by atoms with van der Waals surface area (Å²) in [7, 11) is 1.65. The normalized spacial score (nSPS) is 14.9. The number of nitrogens with zero attached hydrogens (tertiary/aromatic N) is 4. The molecule has 9 nitrogen and oxygen atoms in total. The molecule has 1 fully saturated rings. The SMILES string of the molecule is COc1ccc(-c2ccc(N3CCN(C(=O)CNCc4ccc5c(c4)OCO5)CC3)nn2)cc1. The van der Waals surface area contributed by atoms with Gasteiger partial charge in [-0.1, -0.05) is 6.07 Å². The van der Waals surface area contributed by atoms with Crippen LogP contribution in [0.4, 0.5) is 5.82 Å². The zero-order valence-electron chi connectivity index (χ0n) is 19.1. The first-order chi connectivity index (χ1) is 16.7. The topological polar surface area (TPSA) is 89.1 Å². The van der Waals surface area contributed by atoms with Gasteiger partial charge in [0.25, 0.3) is 0 Å². The molecule has 0 aliphatic carbocycles. The largest absolute Gasteiger partial charge is 0.497 e. The molecule has 2 aliphatic rings. The average molecular weight is 462 g/mol. The summed E-state index contributed by atoms with van der Waals surface area (Å²) in [6, 6.07) is 17.5. The van der Waals surface area contributed by atoms with Gasteiger partial charge < -0.3 is 29.3 Å². The fraction of sp³-hybridized carbons (Fsp3) is 0.320. The number of hydrogen-bond donors (Lipinski definition) is 1. The average Bonchev–Trinajstić information content (AvgIpc) is 3.37. The highest BCUT2D eigenvalue weighted by Crippen LogP contribution is 2.32. The van der Waals surface area contributed by atoms with Gasteiger partial charge >= 0.3 is 0 Å². The minimum Gasteiger partial charge on any atom is -0.497 e. The Labute approximate surface area is 198 Å². The zero-order valence-corrected chi connectivity index (χ0v) is 19.1. The highest BCUT2D eigenvalue weighted by molar-refractivity contribution is 5.78. The molecule has 1 aromatic heterocycles. The van der Waals surface area contributed by atoms with Crippen molar-refractivity contribution < 1.29 is 19.0 Å². The molecule has 3 aromatic rings. The van der Waals surface area contributed by atoms with Crippen LogP contribution >= 0.6 is 0 Å². The summed E-state index contributed by atoms with van der Waals surface area (Å²) in [5, 5.41) is 12.0. The van der Waals surface area contributed by atoms with Crippen molar-refractivity contribution in [2.24, 2.45) is 0 Å². The molecule has 0 radical (unpaired) electrons. The van der Waals surface area contributed by atoms with Crippen LogP contribution in [0.25, 0.3) is 11.3 Å². The Morgan fingerprint density at radius 3 is 2.50 bits per heavy atom. The number of aromatic nitrogens is 2. The number of piperazine rings is 1. The number of carbonyl (C=O) groups excluding carboxylic acids is 1. The maximum atomic E-state index is 12.6. The number of carbonyl (C=O) groups is 1. The van der Waals surface area contributed by atoms with Crippen molar-refractivity contribution in [1.82, 2.24) is 20.4 Å². The number of anilines is 1. The van der Waals surface area contributed by atoms with Gasteiger partial charge in [0.05, 0.1) is 19.3 Å². The van der Waals surface area contributed by atoms with Crippen LogP contribution in [0.2, 0.25) is 0 Å². The summed E-state index contributed by atoms with van der Waals surface area (Å²) in [5.41, 5.74) is 2.86. The van der Waals surface area contributed by atoms with Crippen molar-refractivity contribution in [3.8, 4) is 28.5 Å². The number of fused-ring (bicyclic) bond motifs is 1. The van der Waals surface area contributed by atoms with Gasteiger partial charge in [0, 0.05) is 38.3 Å². The number of benzene rings is 2. The van der Waals surface area contributed by atoms with Gasteiger partial charge in [-0.25, -0.2) is 0 Å². The number of rotatable bonds is 7. The van der Waals surface area contributed by atoms with Crippen molar-refractivity contribution in [3.63, 3.8) is 0 Å². The number of ether oxygens (including phenoxy) is 3. The molecule has 2 aromatic carbocycles. The first kappa shape index (κ1) is 22.0. The Hall–Kier alpha value is -3.85. The Kier molecular flexibility index (Phi) is 6.44. The van der Waals surface area contributed by atoms with Crippen molar-refractivity contribution in [1.29, 1.82) is 0 Å². The Morgan fingerprint density at radius 2 is 1.76 bits per heavy atom. The van der Waals surface area contributed by atoms with Crippen LogP contribution in [-0.4, -0.2) is 67.6 Å². The molecule has 0 unspecified atom stereocenters. The van der Waals surface area contributed by atoms with E-state index in [9.17, 15) is 4.79 Å². The van der Waals surface area contributed by atoms with Gasteiger partial charge in [0.15, 0.2) is 17.3 Å². The van der Waals surface area contributed by atoms with Crippen LogP contribution < -0.4 is 24.4 Å². The van der Waals surface area contributed by atoms with Crippen molar-refractivity contribution >= 4 is 11.7 Å². The summed E-state index contributed by atoms with van der Waals surface area (Å²) >= 11 is 0. The molecule has 5 rings (SSSR count). The number of amides is 1. The van der Waals surface area contributed by atoms with E-state index in [1.54, 1.807) is 7.11 Å². The van der Waals surface area contributed by atoms with Crippen LogP contribution in [0.15, 0.2) is 54.6 Å². The number of methoxy groups -OCH3 is 1. The van der Waals surface area contributed by atoms with Gasteiger partial charge in [0.2, 0.25) is 12.7 Å². The van der Waals surface area contributed by atoms with Crippen molar-refractivity contribution in [2.45, 2.75) is 6.54 Å². The van der Waals surface area contributed by atoms with Gasteiger partial charge in [-0.3, -0.25) is 4.79 Å². The van der Waals surface area contributed by atoms with Gasteiger partial charge in [-0.05, 0) is 54.1 Å². The first-order valence-corrected chi connectivity index (χ1v) is 11.3. The van der Waals surface area contributed by atoms with E-state index in [0.717, 1.165) is 53.0 Å². The van der Waals surface area contributed by atoms with Gasteiger partial charge in [-0.15, -0.1) is 10.2 Å². The van der Waals surface area contributed by atoms with E-state index in [1.807, 2.05) is 59.5 Å². The van der Waals surface area contributed by atoms with E-state index < -0.39 is 0 Å². The summed E-state index contributed by atoms with van der Waals surface area (Å²) < 4.78 is 15.9. The first-order valence-electron chi connectivity index (χ1n) is 11.3. The second kappa shape index (κ2) is 9.96. The number of hydrogen-bond acceptors (Lipinski definition) is 8. The third-order valence-electron chi connectivity index (χ3n) is 6.03. The lowest BCUT2D eigenvalue weighted by atomic mass is 10.1. The smallest absolute Gasteiger partial charge is 0.236 e. The van der Waals surface area contributed by atoms with Crippen LogP contribution in [-0.2, 0) is 11.3 Å². The molecule has 0 atom stereocenters. The third-order valence-corrected chi connectivity index (χ3v) is 6.03. The third kappa shape index (κ3) is 4.89. The molecule has 0 bridgehead atoms. The monoisotopic (exact) mass is 461 g/mol. The maximum absolute atomic E-state index is 12.6. The highest BCUT2D eigenvalue weighted by Gasteiger charge is 2.22. The Morgan fingerprint density at radius 1 is 0.971 bits per heavy atom. The summed E-state index contributed by atoms with van der Waals surface area (Å²) in [6.45, 7) is 3.92. The number of nitrogens with one attached hydrogen (secondary N) is 1. The zero-order chi connectivity index (χ0) is 23.3. The lowest BCUT2D eigenvalue weighted by molar-refractivity contribution is -0.130. The molecule has 1 saturated heterocycles. The summed E-state index contributed by atoms with van der Waals surface area (Å²) in [5.74, 6) is 3.25. The predicted octanol–water partition coefficient (Wildman–Crippen LogP) is 2.32. The van der Waals surface area contributed by atoms with Crippen LogP contribution in [0.3, 0.4) is 0 Å². The second-order valence-corrected chi connectivity index (χ2v) is 8.16. The molecule has 2 aliphatic heterocycles. The van der Waals surface area contributed by atoms with Crippen LogP contribution in [0, 0.1) is 0 Å². The molecule has 1 N–H and O–H groups in total. The summed E-state index contributed by atoms with van der Waals surface area (Å²) in [6.07, 6.45) is 0. The van der Waals surface area contributed by atoms with Crippen molar-refractivity contribution in [3.05, 3.63) is 60.2 Å². The molecule has 34 heavy (non-hydrogen) atoms. The molecule has 0 spiro atoms. The molecule has 0 saturated carbocycles. The molecular formula is C25H27N5O4. The van der Waals surface area contributed by atoms with E-state index >= 15 is 0 Å². The standard InChI is InChI=1S/C25H27N5O4/c1-32-20-5-3-19(4-6-20)21-7-9-24(28-27-21)29-10-12-30(13-11-29)25(31)16-26-15-18-2-8-22-23(14-18)34-17-33-22/h2-9,14,26H,10-13,15-17H2,1H3. The van der Waals surface area contributed by atoms with E-state index in [1.165, 1.54) is 0 Å². The van der Waals surface area contributed by atoms with Gasteiger partial charge in [-0.2, -0.15) is 0 Å². The fourth-order valence-corrected chi connectivity index (χ4v) is 4.07. The Bertz CT molecular complexity index is 1130. The minimum atomic E-state index is 0.0985. The van der Waals surface area contributed by atoms with Crippen LogP contribution in [0.1, 0.15) is 5.56 Å². The molecule has 1 amide bonds. The highest BCUT2D eigenvalue weighted by atomic mass is 16.7. The lowest BCUT2D eigenvalue weighted by Gasteiger charge is -2.35. The fourth-order valence-electron chi connectivity index (χ4n) is 4.07. The molecular weight excluding hydrogens is 434 g/mol. The molecule has 176 valence electrons. The van der Waals surface area contributed by atoms with Crippen molar-refractivity contribution in [2.75, 3.05) is 51.5 Å². The lowest BCUT2D eigenvalue weighted by Crippen LogP contribution is -2.51. The maximum Gasteiger partial charge on any atom is 0.236 e. The quantitative estimate of drug-likeness (QED) is 0.574.